The molecule has 0 aliphatic carbocycles. The van der Waals surface area contributed by atoms with E-state index in [0.717, 1.165) is 24.4 Å². The minimum Gasteiger partial charge on any atom is -0.471 e. The zero-order valence-electron chi connectivity index (χ0n) is 12.9. The summed E-state index contributed by atoms with van der Waals surface area (Å²) in [6.45, 7) is 10.5. The molecule has 4 nitrogen and oxygen atoms in total. The van der Waals surface area contributed by atoms with E-state index < -0.39 is 7.12 Å². The Morgan fingerprint density at radius 1 is 1.00 bits per heavy atom. The molecule has 0 N–H and O–H groups in total. The molecule has 5 heteroatoms. The largest absolute Gasteiger partial charge is 0.532 e. The zero-order valence-corrected chi connectivity index (χ0v) is 12.9. The predicted octanol–water partition coefficient (Wildman–Crippen LogP) is 2.57. The van der Waals surface area contributed by atoms with Crippen molar-refractivity contribution in [2.24, 2.45) is 0 Å². The number of rotatable bonds is 2. The van der Waals surface area contributed by atoms with Gasteiger partial charge in [0.05, 0.1) is 16.9 Å². The molecule has 0 bridgehead atoms. The topological polar surface area (TPSA) is 34.8 Å². The molecule has 2 saturated heterocycles. The minimum atomic E-state index is -0.404. The van der Waals surface area contributed by atoms with Crippen LogP contribution in [0, 0.1) is 0 Å². The zero-order chi connectivity index (χ0) is 14.4. The van der Waals surface area contributed by atoms with Gasteiger partial charge >= 0.3 is 7.12 Å². The van der Waals surface area contributed by atoms with E-state index in [4.69, 9.17) is 13.7 Å². The van der Waals surface area contributed by atoms with Crippen LogP contribution in [0.3, 0.4) is 0 Å². The summed E-state index contributed by atoms with van der Waals surface area (Å²) in [5.41, 5.74) is 1.27. The van der Waals surface area contributed by atoms with Crippen LogP contribution in [-0.2, 0) is 9.31 Å². The first kappa shape index (κ1) is 14.0. The molecule has 110 valence electrons. The third-order valence-electron chi connectivity index (χ3n) is 4.81. The van der Waals surface area contributed by atoms with Crippen molar-refractivity contribution in [3.63, 3.8) is 0 Å². The van der Waals surface area contributed by atoms with Crippen molar-refractivity contribution in [3.05, 3.63) is 12.3 Å². The molecule has 20 heavy (non-hydrogen) atoms. The van der Waals surface area contributed by atoms with Crippen molar-refractivity contribution >= 4 is 18.5 Å². The van der Waals surface area contributed by atoms with Gasteiger partial charge in [-0.15, -0.1) is 0 Å². The Bertz CT molecular complexity index is 461. The second kappa shape index (κ2) is 4.81. The van der Waals surface area contributed by atoms with Gasteiger partial charge in [-0.25, -0.2) is 0 Å². The van der Waals surface area contributed by atoms with Crippen LogP contribution in [0.25, 0.3) is 0 Å². The average molecular weight is 277 g/mol. The molecule has 3 rings (SSSR count). The highest BCUT2D eigenvalue weighted by atomic mass is 16.7. The molecule has 1 aromatic heterocycles. The van der Waals surface area contributed by atoms with E-state index in [1.807, 2.05) is 6.26 Å². The number of piperidine rings is 1. The van der Waals surface area contributed by atoms with Gasteiger partial charge in [0.15, 0.2) is 0 Å². The maximum absolute atomic E-state index is 6.02. The summed E-state index contributed by atoms with van der Waals surface area (Å²) < 4.78 is 17.7. The van der Waals surface area contributed by atoms with Crippen LogP contribution in [-0.4, -0.2) is 31.4 Å². The van der Waals surface area contributed by atoms with Crippen molar-refractivity contribution in [1.29, 1.82) is 0 Å². The van der Waals surface area contributed by atoms with E-state index in [2.05, 4.69) is 38.7 Å². The molecule has 2 fully saturated rings. The fraction of sp³-hybridized carbons (Fsp3) is 0.733. The molecule has 0 saturated carbocycles. The van der Waals surface area contributed by atoms with Gasteiger partial charge in [-0.2, -0.15) is 0 Å². The molecule has 0 radical (unpaired) electrons. The Labute approximate surface area is 121 Å². The van der Waals surface area contributed by atoms with Crippen LogP contribution in [0.4, 0.5) is 5.69 Å². The standard InChI is InChI=1S/C15H24BNO3/c1-14(2)15(3,4)20-16(19-14)13-10-12(11-18-13)17-8-6-5-7-9-17/h10-11H,5-9H2,1-4H3. The average Bonchev–Trinajstić information content (AvgIpc) is 2.94. The van der Waals surface area contributed by atoms with Crippen molar-refractivity contribution < 1.29 is 13.7 Å². The SMILES string of the molecule is CC1(C)OB(c2cc(N3CCCCC3)co2)OC1(C)C. The Morgan fingerprint density at radius 3 is 2.20 bits per heavy atom. The van der Waals surface area contributed by atoms with Crippen molar-refractivity contribution in [1.82, 2.24) is 0 Å². The predicted molar refractivity (Wildman–Crippen MR) is 80.5 cm³/mol. The number of hydrogen-bond donors (Lipinski definition) is 0. The molecular weight excluding hydrogens is 253 g/mol. The summed E-state index contributed by atoms with van der Waals surface area (Å²) in [5.74, 6) is 0. The van der Waals surface area contributed by atoms with E-state index in [1.165, 1.54) is 19.3 Å². The summed E-state index contributed by atoms with van der Waals surface area (Å²) in [4.78, 5) is 2.38. The molecular formula is C15H24BNO3. The summed E-state index contributed by atoms with van der Waals surface area (Å²) >= 11 is 0. The second-order valence-electron chi connectivity index (χ2n) is 6.84. The molecule has 0 amide bonds. The normalized spacial score (nSPS) is 25.2. The van der Waals surface area contributed by atoms with Gasteiger partial charge in [0.25, 0.3) is 0 Å². The molecule has 0 aromatic carbocycles. The number of anilines is 1. The summed E-state index contributed by atoms with van der Waals surface area (Å²) in [5, 5.41) is 0. The summed E-state index contributed by atoms with van der Waals surface area (Å²) in [7, 11) is -0.404. The molecule has 2 aliphatic rings. The van der Waals surface area contributed by atoms with E-state index >= 15 is 0 Å². The first-order chi connectivity index (χ1) is 9.39. The van der Waals surface area contributed by atoms with E-state index in [0.29, 0.717) is 0 Å². The summed E-state index contributed by atoms with van der Waals surface area (Å²) in [6, 6.07) is 2.06. The van der Waals surface area contributed by atoms with Gasteiger partial charge < -0.3 is 18.6 Å². The van der Waals surface area contributed by atoms with Crippen LogP contribution in [0.1, 0.15) is 47.0 Å². The maximum Gasteiger partial charge on any atom is 0.532 e. The first-order valence-electron chi connectivity index (χ1n) is 7.58. The van der Waals surface area contributed by atoms with Crippen molar-refractivity contribution in [2.75, 3.05) is 18.0 Å². The number of nitrogens with zero attached hydrogens (tertiary/aromatic N) is 1. The smallest absolute Gasteiger partial charge is 0.471 e. The lowest BCUT2D eigenvalue weighted by molar-refractivity contribution is 0.00578. The highest BCUT2D eigenvalue weighted by Gasteiger charge is 2.53. The highest BCUT2D eigenvalue weighted by Crippen LogP contribution is 2.36. The van der Waals surface area contributed by atoms with Crippen LogP contribution in [0.2, 0.25) is 0 Å². The van der Waals surface area contributed by atoms with E-state index in [9.17, 15) is 0 Å². The third-order valence-corrected chi connectivity index (χ3v) is 4.81. The van der Waals surface area contributed by atoms with Gasteiger partial charge in [-0.1, -0.05) is 0 Å². The Hall–Kier alpha value is -0.935. The second-order valence-corrected chi connectivity index (χ2v) is 6.84. The molecule has 1 aromatic rings. The molecule has 0 unspecified atom stereocenters. The van der Waals surface area contributed by atoms with Crippen molar-refractivity contribution in [2.45, 2.75) is 58.2 Å². The minimum absolute atomic E-state index is 0.324. The summed E-state index contributed by atoms with van der Waals surface area (Å²) in [6.07, 6.45) is 5.68. The fourth-order valence-corrected chi connectivity index (χ4v) is 2.74. The number of furan rings is 1. The Kier molecular flexibility index (Phi) is 3.37. The first-order valence-corrected chi connectivity index (χ1v) is 7.58. The lowest BCUT2D eigenvalue weighted by Gasteiger charge is -2.32. The van der Waals surface area contributed by atoms with Gasteiger partial charge in [-0.05, 0) is 53.0 Å². The van der Waals surface area contributed by atoms with Gasteiger partial charge in [0.2, 0.25) is 0 Å². The molecule has 0 spiro atoms. The lowest BCUT2D eigenvalue weighted by atomic mass is 9.86. The molecule has 3 heterocycles. The Balaban J connectivity index is 1.74. The number of hydrogen-bond acceptors (Lipinski definition) is 4. The van der Waals surface area contributed by atoms with Gasteiger partial charge in [0, 0.05) is 13.1 Å². The van der Waals surface area contributed by atoms with E-state index in [-0.39, 0.29) is 11.2 Å². The van der Waals surface area contributed by atoms with Gasteiger partial charge in [-0.3, -0.25) is 0 Å². The van der Waals surface area contributed by atoms with Crippen LogP contribution >= 0.6 is 0 Å². The van der Waals surface area contributed by atoms with Crippen molar-refractivity contribution in [3.8, 4) is 0 Å². The fourth-order valence-electron chi connectivity index (χ4n) is 2.74. The highest BCUT2D eigenvalue weighted by molar-refractivity contribution is 6.60. The third kappa shape index (κ3) is 2.37. The Morgan fingerprint density at radius 2 is 1.60 bits per heavy atom. The van der Waals surface area contributed by atoms with Crippen LogP contribution < -0.4 is 10.6 Å². The monoisotopic (exact) mass is 277 g/mol. The van der Waals surface area contributed by atoms with Gasteiger partial charge in [0.1, 0.15) is 11.9 Å². The quantitative estimate of drug-likeness (QED) is 0.778. The maximum atomic E-state index is 6.02. The van der Waals surface area contributed by atoms with E-state index in [1.54, 1.807) is 0 Å². The molecule has 0 atom stereocenters. The lowest BCUT2D eigenvalue weighted by Crippen LogP contribution is -2.41. The van der Waals surface area contributed by atoms with Crippen LogP contribution in [0.5, 0.6) is 0 Å². The van der Waals surface area contributed by atoms with Crippen LogP contribution in [0.15, 0.2) is 16.7 Å². The molecule has 2 aliphatic heterocycles.